The number of halogens is 2. The van der Waals surface area contributed by atoms with Crippen molar-refractivity contribution >= 4 is 28.7 Å². The number of thioether (sulfide) groups is 1. The number of aliphatic hydroxyl groups is 3. The van der Waals surface area contributed by atoms with Crippen molar-refractivity contribution in [3.63, 3.8) is 0 Å². The maximum absolute atomic E-state index is 13.7. The van der Waals surface area contributed by atoms with Gasteiger partial charge in [-0.05, 0) is 37.5 Å². The molecular formula is C24H30F2N6O4S. The van der Waals surface area contributed by atoms with Crippen molar-refractivity contribution in [2.45, 2.75) is 74.1 Å². The minimum Gasteiger partial charge on any atom is -0.394 e. The lowest BCUT2D eigenvalue weighted by Crippen LogP contribution is -2.43. The van der Waals surface area contributed by atoms with E-state index in [1.807, 2.05) is 0 Å². The topological polar surface area (TPSA) is 138 Å². The number of ether oxygens (including phenoxy) is 1. The van der Waals surface area contributed by atoms with Crippen LogP contribution >= 0.6 is 11.8 Å². The van der Waals surface area contributed by atoms with Gasteiger partial charge in [0.2, 0.25) is 0 Å². The number of aliphatic hydroxyl groups excluding tert-OH is 3. The Kier molecular flexibility index (Phi) is 7.33. The molecule has 2 aliphatic carbocycles. The molecule has 0 amide bonds. The summed E-state index contributed by atoms with van der Waals surface area (Å²) in [6.45, 7) is 3.65. The maximum Gasteiger partial charge on any atom is 0.191 e. The van der Waals surface area contributed by atoms with E-state index in [4.69, 9.17) is 9.84 Å². The second-order valence-electron chi connectivity index (χ2n) is 9.77. The fourth-order valence-electron chi connectivity index (χ4n) is 4.93. The first-order valence-electron chi connectivity index (χ1n) is 12.3. The second kappa shape index (κ2) is 10.4. The van der Waals surface area contributed by atoms with E-state index in [0.717, 1.165) is 18.2 Å². The number of benzene rings is 1. The lowest BCUT2D eigenvalue weighted by Gasteiger charge is -2.28. The molecule has 0 radical (unpaired) electrons. The normalized spacial score (nSPS) is 29.2. The summed E-state index contributed by atoms with van der Waals surface area (Å²) in [6, 6.07) is 3.89. The average molecular weight is 537 g/mol. The lowest BCUT2D eigenvalue weighted by atomic mass is 9.97. The molecular weight excluding hydrogens is 506 g/mol. The van der Waals surface area contributed by atoms with Crippen molar-refractivity contribution < 1.29 is 28.8 Å². The van der Waals surface area contributed by atoms with Crippen molar-refractivity contribution in [3.8, 4) is 0 Å². The van der Waals surface area contributed by atoms with Crippen LogP contribution in [0.15, 0.2) is 23.4 Å². The highest BCUT2D eigenvalue weighted by molar-refractivity contribution is 7.99. The van der Waals surface area contributed by atoms with E-state index in [0.29, 0.717) is 34.1 Å². The standard InChI is InChI=1S/C24H30F2N6O4S/c1-3-8-37-23-28-21(27-16-10-13(16)12-4-5-14(25)15(26)9-12)18-22(29-23)32(31-30-18)24(2)11-17(36-7-6-33)19(34)20(24)35/h4-5,9,13,16-17,19-20,33-35H,3,6-8,10-11H2,1-2H3,(H,27,28,29)/t13-,16+,17-,19+,20+,24+/m0/s1. The SMILES string of the molecule is CCCSc1nc(N[C@@H]2C[C@H]2c2ccc(F)c(F)c2)c2nnn([C@]3(C)C[C@H](OCCO)[C@@H](O)[C@H]3O)c2n1. The zero-order chi connectivity index (χ0) is 26.3. The van der Waals surface area contributed by atoms with E-state index in [1.54, 1.807) is 13.0 Å². The highest BCUT2D eigenvalue weighted by atomic mass is 32.2. The van der Waals surface area contributed by atoms with Gasteiger partial charge in [0.25, 0.3) is 0 Å². The van der Waals surface area contributed by atoms with Crippen molar-refractivity contribution in [1.29, 1.82) is 0 Å². The lowest BCUT2D eigenvalue weighted by molar-refractivity contribution is -0.0675. The Hall–Kier alpha value is -2.45. The zero-order valence-corrected chi connectivity index (χ0v) is 21.3. The number of rotatable bonds is 10. The van der Waals surface area contributed by atoms with Gasteiger partial charge in [-0.1, -0.05) is 30.0 Å². The molecule has 4 N–H and O–H groups in total. The van der Waals surface area contributed by atoms with Crippen LogP contribution in [0.3, 0.4) is 0 Å². The molecule has 0 bridgehead atoms. The van der Waals surface area contributed by atoms with E-state index in [9.17, 15) is 19.0 Å². The third-order valence-electron chi connectivity index (χ3n) is 7.06. The molecule has 13 heteroatoms. The van der Waals surface area contributed by atoms with Crippen LogP contribution in [-0.4, -0.2) is 83.6 Å². The maximum atomic E-state index is 13.7. The Morgan fingerprint density at radius 2 is 2.05 bits per heavy atom. The summed E-state index contributed by atoms with van der Waals surface area (Å²) in [5, 5.41) is 43.2. The number of nitrogens with zero attached hydrogens (tertiary/aromatic N) is 5. The smallest absolute Gasteiger partial charge is 0.191 e. The van der Waals surface area contributed by atoms with Gasteiger partial charge in [-0.2, -0.15) is 0 Å². The van der Waals surface area contributed by atoms with Crippen molar-refractivity contribution in [2.24, 2.45) is 0 Å². The molecule has 2 heterocycles. The molecule has 2 aromatic heterocycles. The second-order valence-corrected chi connectivity index (χ2v) is 10.8. The highest BCUT2D eigenvalue weighted by Gasteiger charge is 2.53. The van der Waals surface area contributed by atoms with E-state index in [-0.39, 0.29) is 31.6 Å². The van der Waals surface area contributed by atoms with Crippen molar-refractivity contribution in [2.75, 3.05) is 24.3 Å². The zero-order valence-electron chi connectivity index (χ0n) is 20.5. The van der Waals surface area contributed by atoms with E-state index >= 15 is 0 Å². The largest absolute Gasteiger partial charge is 0.394 e. The summed E-state index contributed by atoms with van der Waals surface area (Å²) >= 11 is 1.48. The van der Waals surface area contributed by atoms with Crippen LogP contribution in [0.4, 0.5) is 14.6 Å². The third kappa shape index (κ3) is 4.90. The summed E-state index contributed by atoms with van der Waals surface area (Å²) in [4.78, 5) is 9.34. The van der Waals surface area contributed by atoms with Crippen LogP contribution in [-0.2, 0) is 10.3 Å². The van der Waals surface area contributed by atoms with Gasteiger partial charge in [0, 0.05) is 24.1 Å². The van der Waals surface area contributed by atoms with Gasteiger partial charge < -0.3 is 25.4 Å². The number of anilines is 1. The van der Waals surface area contributed by atoms with Crippen LogP contribution in [0, 0.1) is 11.6 Å². The Balaban J connectivity index is 1.46. The van der Waals surface area contributed by atoms with Crippen LogP contribution in [0.5, 0.6) is 0 Å². The molecule has 6 atom stereocenters. The average Bonchev–Trinajstić information content (AvgIpc) is 3.44. The molecule has 2 fully saturated rings. The van der Waals surface area contributed by atoms with Gasteiger partial charge in [0.05, 0.1) is 24.9 Å². The van der Waals surface area contributed by atoms with Crippen LogP contribution < -0.4 is 5.32 Å². The molecule has 3 aromatic rings. The summed E-state index contributed by atoms with van der Waals surface area (Å²) in [5.74, 6) is -0.494. The van der Waals surface area contributed by atoms with Crippen LogP contribution in [0.25, 0.3) is 11.2 Å². The third-order valence-corrected chi connectivity index (χ3v) is 8.12. The summed E-state index contributed by atoms with van der Waals surface area (Å²) < 4.78 is 34.2. The van der Waals surface area contributed by atoms with E-state index < -0.39 is 35.5 Å². The minimum absolute atomic E-state index is 0.00402. The van der Waals surface area contributed by atoms with Gasteiger partial charge in [-0.3, -0.25) is 0 Å². The molecule has 0 aliphatic heterocycles. The Labute approximate surface area is 216 Å². The minimum atomic E-state index is -1.21. The quantitative estimate of drug-likeness (QED) is 0.225. The summed E-state index contributed by atoms with van der Waals surface area (Å²) in [6.07, 6.45) is -1.20. The van der Waals surface area contributed by atoms with Gasteiger partial charge in [0.15, 0.2) is 33.8 Å². The molecule has 0 saturated heterocycles. The first-order chi connectivity index (χ1) is 17.8. The Bertz CT molecular complexity index is 1280. The fourth-order valence-corrected chi connectivity index (χ4v) is 5.63. The molecule has 5 rings (SSSR count). The molecule has 200 valence electrons. The van der Waals surface area contributed by atoms with Crippen LogP contribution in [0.1, 0.15) is 44.6 Å². The van der Waals surface area contributed by atoms with Gasteiger partial charge in [0.1, 0.15) is 12.2 Å². The number of aromatic nitrogens is 5. The highest BCUT2D eigenvalue weighted by Crippen LogP contribution is 2.44. The number of nitrogens with one attached hydrogen (secondary N) is 1. The van der Waals surface area contributed by atoms with Crippen LogP contribution in [0.2, 0.25) is 0 Å². The van der Waals surface area contributed by atoms with E-state index in [1.165, 1.54) is 22.5 Å². The predicted molar refractivity (Wildman–Crippen MR) is 132 cm³/mol. The fraction of sp³-hybridized carbons (Fsp3) is 0.583. The van der Waals surface area contributed by atoms with Gasteiger partial charge >= 0.3 is 0 Å². The summed E-state index contributed by atoms with van der Waals surface area (Å²) in [5.41, 5.74) is 0.438. The summed E-state index contributed by atoms with van der Waals surface area (Å²) in [7, 11) is 0. The van der Waals surface area contributed by atoms with Crippen molar-refractivity contribution in [3.05, 3.63) is 35.4 Å². The molecule has 0 unspecified atom stereocenters. The first-order valence-corrected chi connectivity index (χ1v) is 13.3. The Morgan fingerprint density at radius 3 is 2.78 bits per heavy atom. The van der Waals surface area contributed by atoms with Crippen molar-refractivity contribution in [1.82, 2.24) is 25.0 Å². The molecule has 2 aliphatic rings. The molecule has 37 heavy (non-hydrogen) atoms. The molecule has 0 spiro atoms. The molecule has 2 saturated carbocycles. The molecule has 10 nitrogen and oxygen atoms in total. The number of hydrogen-bond acceptors (Lipinski definition) is 10. The predicted octanol–water partition coefficient (Wildman–Crippen LogP) is 2.19. The number of hydrogen-bond donors (Lipinski definition) is 4. The number of fused-ring (bicyclic) bond motifs is 1. The van der Waals surface area contributed by atoms with Gasteiger partial charge in [-0.25, -0.2) is 23.4 Å². The first kappa shape index (κ1) is 26.2. The Morgan fingerprint density at radius 1 is 1.24 bits per heavy atom. The molecule has 1 aromatic carbocycles. The van der Waals surface area contributed by atoms with E-state index in [2.05, 4.69) is 32.5 Å². The van der Waals surface area contributed by atoms with Gasteiger partial charge in [-0.15, -0.1) is 5.10 Å². The monoisotopic (exact) mass is 536 g/mol.